The Hall–Kier alpha value is -2.83. The van der Waals surface area contributed by atoms with E-state index in [1.165, 1.54) is 4.68 Å². The molecule has 7 heteroatoms. The molecule has 0 aliphatic heterocycles. The number of aromatic nitrogens is 2. The number of aryl methyl sites for hydroxylation is 1. The van der Waals surface area contributed by atoms with Gasteiger partial charge in [0.15, 0.2) is 0 Å². The summed E-state index contributed by atoms with van der Waals surface area (Å²) in [6, 6.07) is 7.42. The highest BCUT2D eigenvalue weighted by Crippen LogP contribution is 2.07. The van der Waals surface area contributed by atoms with E-state index in [2.05, 4.69) is 10.4 Å². The summed E-state index contributed by atoms with van der Waals surface area (Å²) in [6.45, 7) is 3.88. The minimum Gasteiger partial charge on any atom is -0.480 e. The van der Waals surface area contributed by atoms with Gasteiger partial charge >= 0.3 is 5.97 Å². The van der Waals surface area contributed by atoms with E-state index in [1.54, 1.807) is 12.1 Å². The minimum absolute atomic E-state index is 0.0309. The van der Waals surface area contributed by atoms with Crippen molar-refractivity contribution in [3.05, 3.63) is 51.9 Å². The number of aromatic amines is 1. The van der Waals surface area contributed by atoms with Gasteiger partial charge in [0, 0.05) is 6.07 Å². The van der Waals surface area contributed by atoms with Crippen molar-refractivity contribution in [1.29, 1.82) is 0 Å². The fraction of sp³-hybridized carbons (Fsp3) is 0.353. The highest BCUT2D eigenvalue weighted by atomic mass is 16.4. The Kier molecular flexibility index (Phi) is 5.57. The largest absolute Gasteiger partial charge is 0.480 e. The van der Waals surface area contributed by atoms with Gasteiger partial charge in [-0.2, -0.15) is 0 Å². The van der Waals surface area contributed by atoms with Gasteiger partial charge in [-0.1, -0.05) is 37.5 Å². The van der Waals surface area contributed by atoms with E-state index in [4.69, 9.17) is 5.11 Å². The van der Waals surface area contributed by atoms with Gasteiger partial charge in [0.05, 0.1) is 5.69 Å². The monoisotopic (exact) mass is 331 g/mol. The second-order valence-electron chi connectivity index (χ2n) is 5.69. The highest BCUT2D eigenvalue weighted by Gasteiger charge is 2.21. The van der Waals surface area contributed by atoms with Gasteiger partial charge in [-0.05, 0) is 25.5 Å². The van der Waals surface area contributed by atoms with Crippen LogP contribution in [0.2, 0.25) is 0 Å². The normalized spacial score (nSPS) is 11.9. The molecule has 2 aromatic rings. The topological polar surface area (TPSA) is 104 Å². The summed E-state index contributed by atoms with van der Waals surface area (Å²) in [6.07, 6.45) is 1.87. The van der Waals surface area contributed by atoms with Crippen molar-refractivity contribution in [3.63, 3.8) is 0 Å². The van der Waals surface area contributed by atoms with Crippen LogP contribution in [0.1, 0.15) is 42.2 Å². The number of carbonyl (C=O) groups excluding carboxylic acids is 1. The predicted molar refractivity (Wildman–Crippen MR) is 89.5 cm³/mol. The molecule has 1 amide bonds. The summed E-state index contributed by atoms with van der Waals surface area (Å²) in [5.74, 6) is -1.70. The van der Waals surface area contributed by atoms with Crippen LogP contribution in [-0.2, 0) is 4.79 Å². The molecule has 1 heterocycles. The molecule has 0 radical (unpaired) electrons. The summed E-state index contributed by atoms with van der Waals surface area (Å²) in [5, 5.41) is 14.3. The molecular weight excluding hydrogens is 310 g/mol. The molecule has 128 valence electrons. The summed E-state index contributed by atoms with van der Waals surface area (Å²) in [7, 11) is 0. The van der Waals surface area contributed by atoms with E-state index in [0.29, 0.717) is 18.5 Å². The Morgan fingerprint density at radius 1 is 1.29 bits per heavy atom. The minimum atomic E-state index is -1.09. The molecule has 1 unspecified atom stereocenters. The SMILES string of the molecule is CCCCC(NC(=O)c1cc(=O)n(-c2ccc(C)cc2)[nH]1)C(=O)O. The van der Waals surface area contributed by atoms with Crippen molar-refractivity contribution < 1.29 is 14.7 Å². The van der Waals surface area contributed by atoms with E-state index < -0.39 is 17.9 Å². The van der Waals surface area contributed by atoms with Crippen LogP contribution in [0, 0.1) is 6.92 Å². The first-order valence-electron chi connectivity index (χ1n) is 7.85. The van der Waals surface area contributed by atoms with E-state index in [1.807, 2.05) is 26.0 Å². The summed E-state index contributed by atoms with van der Waals surface area (Å²) < 4.78 is 1.25. The van der Waals surface area contributed by atoms with Crippen LogP contribution in [0.25, 0.3) is 5.69 Å². The number of hydrogen-bond donors (Lipinski definition) is 3. The molecule has 0 bridgehead atoms. The van der Waals surface area contributed by atoms with Gasteiger partial charge in [-0.25, -0.2) is 9.48 Å². The second-order valence-corrected chi connectivity index (χ2v) is 5.69. The maximum atomic E-state index is 12.2. The molecule has 0 fully saturated rings. The number of unbranched alkanes of at least 4 members (excludes halogenated alkanes) is 1. The molecule has 1 atom stereocenters. The number of carboxylic acid groups (broad SMARTS) is 1. The average molecular weight is 331 g/mol. The molecule has 0 aliphatic rings. The quantitative estimate of drug-likeness (QED) is 0.720. The summed E-state index contributed by atoms with van der Waals surface area (Å²) in [5.41, 5.74) is 1.30. The summed E-state index contributed by atoms with van der Waals surface area (Å²) in [4.78, 5) is 35.5. The van der Waals surface area contributed by atoms with Gasteiger partial charge in [-0.15, -0.1) is 0 Å². The van der Waals surface area contributed by atoms with E-state index in [-0.39, 0.29) is 11.3 Å². The van der Waals surface area contributed by atoms with Crippen molar-refractivity contribution in [2.75, 3.05) is 0 Å². The first kappa shape index (κ1) is 17.5. The van der Waals surface area contributed by atoms with Crippen molar-refractivity contribution >= 4 is 11.9 Å². The lowest BCUT2D eigenvalue weighted by Crippen LogP contribution is -2.40. The second kappa shape index (κ2) is 7.63. The Balaban J connectivity index is 2.19. The van der Waals surface area contributed by atoms with Crippen LogP contribution in [0.4, 0.5) is 0 Å². The van der Waals surface area contributed by atoms with Crippen LogP contribution < -0.4 is 10.9 Å². The van der Waals surface area contributed by atoms with Crippen molar-refractivity contribution in [2.24, 2.45) is 0 Å². The van der Waals surface area contributed by atoms with E-state index in [0.717, 1.165) is 18.1 Å². The zero-order chi connectivity index (χ0) is 17.7. The Bertz CT molecular complexity index is 774. The van der Waals surface area contributed by atoms with Crippen LogP contribution in [0.5, 0.6) is 0 Å². The molecule has 1 aromatic carbocycles. The number of nitrogens with zero attached hydrogens (tertiary/aromatic N) is 1. The lowest BCUT2D eigenvalue weighted by atomic mass is 10.1. The smallest absolute Gasteiger partial charge is 0.326 e. The van der Waals surface area contributed by atoms with Crippen LogP contribution in [0.3, 0.4) is 0 Å². The van der Waals surface area contributed by atoms with E-state index >= 15 is 0 Å². The molecule has 0 saturated carbocycles. The van der Waals surface area contributed by atoms with Crippen molar-refractivity contribution in [2.45, 2.75) is 39.2 Å². The predicted octanol–water partition coefficient (Wildman–Crippen LogP) is 1.85. The third kappa shape index (κ3) is 4.13. The fourth-order valence-corrected chi connectivity index (χ4v) is 2.30. The first-order valence-corrected chi connectivity index (χ1v) is 7.85. The first-order chi connectivity index (χ1) is 11.4. The third-order valence-corrected chi connectivity index (χ3v) is 3.71. The lowest BCUT2D eigenvalue weighted by Gasteiger charge is -2.13. The molecule has 24 heavy (non-hydrogen) atoms. The zero-order valence-corrected chi connectivity index (χ0v) is 13.7. The van der Waals surface area contributed by atoms with E-state index in [9.17, 15) is 14.4 Å². The molecular formula is C17H21N3O4. The third-order valence-electron chi connectivity index (χ3n) is 3.71. The maximum absolute atomic E-state index is 12.2. The van der Waals surface area contributed by atoms with Gasteiger partial charge in [0.25, 0.3) is 11.5 Å². The number of H-pyrrole nitrogens is 1. The Morgan fingerprint density at radius 2 is 1.96 bits per heavy atom. The zero-order valence-electron chi connectivity index (χ0n) is 13.7. The molecule has 3 N–H and O–H groups in total. The molecule has 0 saturated heterocycles. The van der Waals surface area contributed by atoms with Gasteiger partial charge in [0.2, 0.25) is 0 Å². The number of aliphatic carboxylic acids is 1. The number of benzene rings is 1. The Morgan fingerprint density at radius 3 is 2.54 bits per heavy atom. The standard InChI is InChI=1S/C17H21N3O4/c1-3-4-5-13(17(23)24)18-16(22)14-10-15(21)20(19-14)12-8-6-11(2)7-9-12/h6-10,13,19H,3-5H2,1-2H3,(H,18,22)(H,23,24). The maximum Gasteiger partial charge on any atom is 0.326 e. The van der Waals surface area contributed by atoms with Gasteiger partial charge in [0.1, 0.15) is 11.7 Å². The highest BCUT2D eigenvalue weighted by molar-refractivity contribution is 5.94. The van der Waals surface area contributed by atoms with Crippen LogP contribution in [0.15, 0.2) is 35.1 Å². The number of rotatable bonds is 7. The van der Waals surface area contributed by atoms with Crippen LogP contribution in [-0.4, -0.2) is 32.8 Å². The number of carboxylic acids is 1. The number of hydrogen-bond acceptors (Lipinski definition) is 3. The average Bonchev–Trinajstić information content (AvgIpc) is 2.93. The van der Waals surface area contributed by atoms with Crippen LogP contribution >= 0.6 is 0 Å². The van der Waals surface area contributed by atoms with Crippen molar-refractivity contribution in [3.8, 4) is 5.69 Å². The lowest BCUT2D eigenvalue weighted by molar-refractivity contribution is -0.139. The molecule has 2 rings (SSSR count). The van der Waals surface area contributed by atoms with Crippen molar-refractivity contribution in [1.82, 2.24) is 15.1 Å². The number of nitrogens with one attached hydrogen (secondary N) is 2. The number of amides is 1. The molecule has 7 nitrogen and oxygen atoms in total. The van der Waals surface area contributed by atoms with Gasteiger partial charge < -0.3 is 10.4 Å². The molecule has 0 spiro atoms. The fourth-order valence-electron chi connectivity index (χ4n) is 2.30. The summed E-state index contributed by atoms with van der Waals surface area (Å²) >= 11 is 0. The Labute approximate surface area is 139 Å². The molecule has 0 aliphatic carbocycles. The van der Waals surface area contributed by atoms with Gasteiger partial charge in [-0.3, -0.25) is 14.7 Å². The number of carbonyl (C=O) groups is 2. The molecule has 1 aromatic heterocycles.